The van der Waals surface area contributed by atoms with Crippen molar-refractivity contribution in [2.45, 2.75) is 39.4 Å². The minimum absolute atomic E-state index is 0.0259. The van der Waals surface area contributed by atoms with Crippen LogP contribution in [-0.2, 0) is 9.57 Å². The molecule has 1 atom stereocenters. The molecule has 0 aliphatic carbocycles. The van der Waals surface area contributed by atoms with Crippen molar-refractivity contribution >= 4 is 41.1 Å². The summed E-state index contributed by atoms with van der Waals surface area (Å²) in [5, 5.41) is 1.57. The van der Waals surface area contributed by atoms with E-state index < -0.39 is 23.7 Å². The number of nitrogens with two attached hydrogens (primary N) is 1. The number of benzene rings is 2. The molecule has 2 heterocycles. The van der Waals surface area contributed by atoms with Gasteiger partial charge in [-0.3, -0.25) is 4.79 Å². The van der Waals surface area contributed by atoms with Crippen LogP contribution in [0.5, 0.6) is 5.88 Å². The first kappa shape index (κ1) is 30.3. The summed E-state index contributed by atoms with van der Waals surface area (Å²) in [4.78, 5) is 40.5. The molecule has 218 valence electrons. The summed E-state index contributed by atoms with van der Waals surface area (Å²) in [6.45, 7) is 8.39. The minimum Gasteiger partial charge on any atom is -0.467 e. The van der Waals surface area contributed by atoms with Crippen LogP contribution in [0, 0.1) is 5.82 Å². The monoisotopic (exact) mass is 605 g/mol. The molecule has 1 fully saturated rings. The van der Waals surface area contributed by atoms with Crippen molar-refractivity contribution in [1.82, 2.24) is 19.9 Å². The highest BCUT2D eigenvalue weighted by molar-refractivity contribution is 6.36. The highest BCUT2D eigenvalue weighted by atomic mass is 35.5. The van der Waals surface area contributed by atoms with Gasteiger partial charge in [-0.2, -0.15) is 0 Å². The molecule has 41 heavy (non-hydrogen) atoms. The van der Waals surface area contributed by atoms with Gasteiger partial charge in [0.2, 0.25) is 0 Å². The molecule has 0 radical (unpaired) electrons. The molecule has 1 aliphatic rings. The van der Waals surface area contributed by atoms with Gasteiger partial charge in [0, 0.05) is 34.8 Å². The second-order valence-electron chi connectivity index (χ2n) is 10.3. The fourth-order valence-corrected chi connectivity index (χ4v) is 4.75. The van der Waals surface area contributed by atoms with Gasteiger partial charge in [0.25, 0.3) is 11.8 Å². The van der Waals surface area contributed by atoms with Crippen molar-refractivity contribution in [2.75, 3.05) is 31.9 Å². The molecule has 4 rings (SSSR count). The maximum atomic E-state index is 14.0. The van der Waals surface area contributed by atoms with Gasteiger partial charge in [-0.15, -0.1) is 5.06 Å². The van der Waals surface area contributed by atoms with Gasteiger partial charge in [0.15, 0.2) is 5.82 Å². The Morgan fingerprint density at radius 3 is 2.34 bits per heavy atom. The van der Waals surface area contributed by atoms with Crippen LogP contribution in [0.1, 0.15) is 49.7 Å². The summed E-state index contributed by atoms with van der Waals surface area (Å²) < 4.78 is 25.0. The van der Waals surface area contributed by atoms with E-state index in [9.17, 15) is 14.0 Å². The smallest absolute Gasteiger partial charge is 0.467 e. The van der Waals surface area contributed by atoms with Crippen LogP contribution in [-0.4, -0.2) is 63.8 Å². The van der Waals surface area contributed by atoms with E-state index in [0.29, 0.717) is 43.0 Å². The van der Waals surface area contributed by atoms with Crippen LogP contribution in [0.3, 0.4) is 0 Å². The van der Waals surface area contributed by atoms with Crippen molar-refractivity contribution in [1.29, 1.82) is 0 Å². The third kappa shape index (κ3) is 7.55. The summed E-state index contributed by atoms with van der Waals surface area (Å²) in [6, 6.07) is 9.42. The van der Waals surface area contributed by atoms with Crippen molar-refractivity contribution in [3.8, 4) is 17.1 Å². The third-order valence-corrected chi connectivity index (χ3v) is 6.80. The lowest BCUT2D eigenvalue weighted by Crippen LogP contribution is -2.49. The van der Waals surface area contributed by atoms with Crippen LogP contribution in [0.4, 0.5) is 15.0 Å². The number of nitrogens with zero attached hydrogens (tertiary/aromatic N) is 4. The number of hydroxylamine groups is 2. The van der Waals surface area contributed by atoms with Crippen LogP contribution < -0.4 is 10.5 Å². The molecule has 1 aliphatic heterocycles. The van der Waals surface area contributed by atoms with Gasteiger partial charge in [0.1, 0.15) is 17.5 Å². The van der Waals surface area contributed by atoms with Crippen molar-refractivity contribution in [3.05, 3.63) is 69.6 Å². The van der Waals surface area contributed by atoms with Crippen LogP contribution in [0.15, 0.2) is 42.6 Å². The SMILES string of the molecule is C[C@@H](Oc1nc(-c2ccc(C(=O)N3CCN(OC(=O)OC(C)(C)C)CC3)cc2)cnc1N)c1c(Cl)ccc(F)c1Cl. The molecule has 0 bridgehead atoms. The molecule has 2 aromatic carbocycles. The average Bonchev–Trinajstić information content (AvgIpc) is 2.91. The second-order valence-corrected chi connectivity index (χ2v) is 11.1. The number of piperazine rings is 1. The molecular formula is C28H30Cl2FN5O5. The van der Waals surface area contributed by atoms with E-state index >= 15 is 0 Å². The van der Waals surface area contributed by atoms with E-state index in [2.05, 4.69) is 9.97 Å². The van der Waals surface area contributed by atoms with E-state index in [-0.39, 0.29) is 33.2 Å². The number of carbonyl (C=O) groups is 2. The van der Waals surface area contributed by atoms with Gasteiger partial charge < -0.3 is 24.9 Å². The summed E-state index contributed by atoms with van der Waals surface area (Å²) in [6.07, 6.45) is -0.0637. The fraction of sp³-hybridized carbons (Fsp3) is 0.357. The Balaban J connectivity index is 1.40. The number of ether oxygens (including phenoxy) is 2. The molecule has 1 aromatic heterocycles. The first-order valence-corrected chi connectivity index (χ1v) is 13.6. The number of amides is 1. The second kappa shape index (κ2) is 12.5. The van der Waals surface area contributed by atoms with Gasteiger partial charge in [-0.1, -0.05) is 35.3 Å². The van der Waals surface area contributed by atoms with Crippen LogP contribution in [0.25, 0.3) is 11.3 Å². The standard InChI is InChI=1S/C28H30Cl2FN5O5/c1-16(22-19(29)9-10-20(31)23(22)30)39-25-24(32)33-15-21(34-25)17-5-7-18(8-6-17)26(37)35-11-13-36(14-12-35)41-27(38)40-28(2,3)4/h5-10,15-16H,11-14H2,1-4H3,(H2,32,33)/t16-/m1/s1. The number of hydrogen-bond acceptors (Lipinski definition) is 9. The molecule has 0 saturated carbocycles. The third-order valence-electron chi connectivity index (χ3n) is 6.09. The topological polar surface area (TPSA) is 120 Å². The highest BCUT2D eigenvalue weighted by Crippen LogP contribution is 2.35. The van der Waals surface area contributed by atoms with Crippen molar-refractivity contribution in [3.63, 3.8) is 0 Å². The number of nitrogen functional groups attached to an aromatic ring is 1. The van der Waals surface area contributed by atoms with Crippen LogP contribution >= 0.6 is 23.2 Å². The highest BCUT2D eigenvalue weighted by Gasteiger charge is 2.27. The van der Waals surface area contributed by atoms with Crippen molar-refractivity contribution in [2.24, 2.45) is 0 Å². The molecule has 1 amide bonds. The van der Waals surface area contributed by atoms with E-state index in [1.807, 2.05) is 0 Å². The molecular weight excluding hydrogens is 576 g/mol. The maximum absolute atomic E-state index is 14.0. The number of carbonyl (C=O) groups excluding carboxylic acids is 2. The minimum atomic E-state index is -0.775. The molecule has 2 N–H and O–H groups in total. The zero-order chi connectivity index (χ0) is 29.9. The zero-order valence-electron chi connectivity index (χ0n) is 23.0. The number of anilines is 1. The summed E-state index contributed by atoms with van der Waals surface area (Å²) in [5.41, 5.74) is 7.20. The number of halogens is 3. The predicted molar refractivity (Wildman–Crippen MR) is 152 cm³/mol. The molecule has 0 spiro atoms. The normalized spacial score (nSPS) is 14.9. The Labute approximate surface area is 247 Å². The van der Waals surface area contributed by atoms with Gasteiger partial charge in [-0.25, -0.2) is 19.2 Å². The lowest BCUT2D eigenvalue weighted by molar-refractivity contribution is -0.154. The average molecular weight is 606 g/mol. The molecule has 1 saturated heterocycles. The number of rotatable bonds is 6. The lowest BCUT2D eigenvalue weighted by atomic mass is 10.1. The van der Waals surface area contributed by atoms with E-state index in [1.54, 1.807) is 56.9 Å². The quantitative estimate of drug-likeness (QED) is 0.269. The Morgan fingerprint density at radius 2 is 1.71 bits per heavy atom. The molecule has 10 nitrogen and oxygen atoms in total. The zero-order valence-corrected chi connectivity index (χ0v) is 24.5. The summed E-state index contributed by atoms with van der Waals surface area (Å²) in [5.74, 6) is -0.720. The first-order chi connectivity index (χ1) is 19.3. The van der Waals surface area contributed by atoms with Crippen LogP contribution in [0.2, 0.25) is 10.0 Å². The fourth-order valence-electron chi connectivity index (χ4n) is 4.07. The van der Waals surface area contributed by atoms with Gasteiger partial charge in [-0.05, 0) is 52.0 Å². The number of hydrogen-bond donors (Lipinski definition) is 1. The van der Waals surface area contributed by atoms with Gasteiger partial charge in [0.05, 0.1) is 30.0 Å². The maximum Gasteiger partial charge on any atom is 0.528 e. The van der Waals surface area contributed by atoms with Crippen molar-refractivity contribution < 1.29 is 28.3 Å². The lowest BCUT2D eigenvalue weighted by Gasteiger charge is -2.33. The van der Waals surface area contributed by atoms with Gasteiger partial charge >= 0.3 is 6.16 Å². The molecule has 3 aromatic rings. The Morgan fingerprint density at radius 1 is 1.05 bits per heavy atom. The Hall–Kier alpha value is -3.67. The molecule has 0 unspecified atom stereocenters. The Kier molecular flexibility index (Phi) is 9.21. The number of aromatic nitrogens is 2. The first-order valence-electron chi connectivity index (χ1n) is 12.8. The van der Waals surface area contributed by atoms with E-state index in [0.717, 1.165) is 0 Å². The van der Waals surface area contributed by atoms with E-state index in [4.69, 9.17) is 43.2 Å². The summed E-state index contributed by atoms with van der Waals surface area (Å²) >= 11 is 12.3. The summed E-state index contributed by atoms with van der Waals surface area (Å²) in [7, 11) is 0. The van der Waals surface area contributed by atoms with E-state index in [1.165, 1.54) is 23.4 Å². The Bertz CT molecular complexity index is 1430. The predicted octanol–water partition coefficient (Wildman–Crippen LogP) is 5.94. The molecule has 13 heteroatoms. The largest absolute Gasteiger partial charge is 0.528 e.